The number of likely N-dealkylation sites (tertiary alicyclic amines) is 1. The maximum absolute atomic E-state index is 3.55. The van der Waals surface area contributed by atoms with E-state index in [-0.39, 0.29) is 0 Å². The molecule has 0 aliphatic carbocycles. The fraction of sp³-hybridized carbons (Fsp3) is 1.00. The van der Waals surface area contributed by atoms with Gasteiger partial charge in [-0.3, -0.25) is 0 Å². The Bertz CT molecular complexity index is 211. The first kappa shape index (κ1) is 15.0. The molecule has 0 aromatic carbocycles. The van der Waals surface area contributed by atoms with Gasteiger partial charge in [0, 0.05) is 13.1 Å². The Morgan fingerprint density at radius 3 is 2.29 bits per heavy atom. The predicted molar refractivity (Wildman–Crippen MR) is 76.4 cm³/mol. The van der Waals surface area contributed by atoms with E-state index in [1.165, 1.54) is 38.9 Å². The van der Waals surface area contributed by atoms with Crippen LogP contribution in [0.2, 0.25) is 0 Å². The van der Waals surface area contributed by atoms with Gasteiger partial charge in [-0.05, 0) is 49.7 Å². The maximum Gasteiger partial charge on any atom is 0.00448 e. The van der Waals surface area contributed by atoms with Crippen molar-refractivity contribution in [2.45, 2.75) is 53.9 Å². The van der Waals surface area contributed by atoms with Crippen LogP contribution in [0.5, 0.6) is 0 Å². The zero-order valence-electron chi connectivity index (χ0n) is 12.6. The predicted octanol–water partition coefficient (Wildman–Crippen LogP) is 3.13. The van der Waals surface area contributed by atoms with Gasteiger partial charge in [-0.15, -0.1) is 0 Å². The molecule has 1 fully saturated rings. The second kappa shape index (κ2) is 6.19. The molecule has 1 heterocycles. The lowest BCUT2D eigenvalue weighted by atomic mass is 9.81. The molecule has 0 spiro atoms. The van der Waals surface area contributed by atoms with Gasteiger partial charge in [0.2, 0.25) is 0 Å². The monoisotopic (exact) mass is 240 g/mol. The van der Waals surface area contributed by atoms with Crippen LogP contribution in [0.15, 0.2) is 0 Å². The summed E-state index contributed by atoms with van der Waals surface area (Å²) in [5, 5.41) is 3.55. The number of piperidine rings is 1. The molecule has 1 N–H and O–H groups in total. The van der Waals surface area contributed by atoms with Crippen molar-refractivity contribution in [3.63, 3.8) is 0 Å². The molecule has 1 aliphatic rings. The number of hydrogen-bond donors (Lipinski definition) is 1. The summed E-state index contributed by atoms with van der Waals surface area (Å²) in [6.07, 6.45) is 3.94. The zero-order chi connectivity index (χ0) is 12.9. The van der Waals surface area contributed by atoms with Gasteiger partial charge in [-0.25, -0.2) is 0 Å². The van der Waals surface area contributed by atoms with Crippen LogP contribution in [-0.2, 0) is 0 Å². The van der Waals surface area contributed by atoms with Crippen LogP contribution in [0.25, 0.3) is 0 Å². The molecular weight excluding hydrogens is 208 g/mol. The molecule has 1 aliphatic heterocycles. The van der Waals surface area contributed by atoms with Gasteiger partial charge < -0.3 is 10.2 Å². The van der Waals surface area contributed by atoms with Crippen molar-refractivity contribution in [3.8, 4) is 0 Å². The molecule has 0 atom stereocenters. The van der Waals surface area contributed by atoms with E-state index in [4.69, 9.17) is 0 Å². The molecule has 0 aromatic heterocycles. The molecule has 0 amide bonds. The normalized spacial score (nSPS) is 21.7. The van der Waals surface area contributed by atoms with Crippen LogP contribution in [-0.4, -0.2) is 37.6 Å². The van der Waals surface area contributed by atoms with Crippen molar-refractivity contribution in [1.82, 2.24) is 10.2 Å². The summed E-state index contributed by atoms with van der Waals surface area (Å²) in [7, 11) is 0. The summed E-state index contributed by atoms with van der Waals surface area (Å²) in [6.45, 7) is 17.9. The molecule has 1 rings (SSSR count). The lowest BCUT2D eigenvalue weighted by Gasteiger charge is -2.40. The van der Waals surface area contributed by atoms with E-state index < -0.39 is 0 Å². The SMILES string of the molecule is CCCNCC(C)(C)CN1CCC(C)(C)CC1. The van der Waals surface area contributed by atoms with E-state index in [0.717, 1.165) is 13.1 Å². The van der Waals surface area contributed by atoms with Crippen LogP contribution in [0, 0.1) is 10.8 Å². The van der Waals surface area contributed by atoms with E-state index in [2.05, 4.69) is 44.8 Å². The second-order valence-corrected chi connectivity index (χ2v) is 7.28. The molecule has 2 nitrogen and oxygen atoms in total. The van der Waals surface area contributed by atoms with Crippen LogP contribution < -0.4 is 5.32 Å². The minimum atomic E-state index is 0.399. The fourth-order valence-corrected chi connectivity index (χ4v) is 2.58. The van der Waals surface area contributed by atoms with Crippen LogP contribution in [0.1, 0.15) is 53.9 Å². The minimum Gasteiger partial charge on any atom is -0.316 e. The highest BCUT2D eigenvalue weighted by atomic mass is 15.1. The van der Waals surface area contributed by atoms with Gasteiger partial charge in [0.05, 0.1) is 0 Å². The molecule has 0 unspecified atom stereocenters. The van der Waals surface area contributed by atoms with E-state index in [1.807, 2.05) is 0 Å². The lowest BCUT2D eigenvalue weighted by molar-refractivity contribution is 0.0944. The van der Waals surface area contributed by atoms with Crippen molar-refractivity contribution >= 4 is 0 Å². The highest BCUT2D eigenvalue weighted by molar-refractivity contribution is 4.83. The Hall–Kier alpha value is -0.0800. The maximum atomic E-state index is 3.55. The van der Waals surface area contributed by atoms with Gasteiger partial charge >= 0.3 is 0 Å². The Morgan fingerprint density at radius 1 is 1.18 bits per heavy atom. The van der Waals surface area contributed by atoms with Gasteiger partial charge in [0.25, 0.3) is 0 Å². The molecule has 17 heavy (non-hydrogen) atoms. The molecule has 0 radical (unpaired) electrons. The van der Waals surface area contributed by atoms with Gasteiger partial charge in [-0.2, -0.15) is 0 Å². The molecular formula is C15H32N2. The second-order valence-electron chi connectivity index (χ2n) is 7.28. The van der Waals surface area contributed by atoms with Crippen LogP contribution in [0.4, 0.5) is 0 Å². The molecule has 0 aromatic rings. The number of nitrogens with one attached hydrogen (secondary N) is 1. The third-order valence-electron chi connectivity index (χ3n) is 3.89. The number of nitrogens with zero attached hydrogens (tertiary/aromatic N) is 1. The number of rotatable bonds is 6. The Balaban J connectivity index is 2.28. The van der Waals surface area contributed by atoms with Gasteiger partial charge in [-0.1, -0.05) is 34.6 Å². The van der Waals surface area contributed by atoms with E-state index in [1.54, 1.807) is 0 Å². The highest BCUT2D eigenvalue weighted by Gasteiger charge is 2.28. The highest BCUT2D eigenvalue weighted by Crippen LogP contribution is 2.31. The van der Waals surface area contributed by atoms with E-state index in [0.29, 0.717) is 10.8 Å². The largest absolute Gasteiger partial charge is 0.316 e. The Labute approximate surface area is 108 Å². The number of hydrogen-bond acceptors (Lipinski definition) is 2. The third-order valence-corrected chi connectivity index (χ3v) is 3.89. The fourth-order valence-electron chi connectivity index (χ4n) is 2.58. The van der Waals surface area contributed by atoms with Crippen molar-refractivity contribution in [2.24, 2.45) is 10.8 Å². The van der Waals surface area contributed by atoms with Crippen LogP contribution in [0.3, 0.4) is 0 Å². The molecule has 0 bridgehead atoms. The summed E-state index contributed by atoms with van der Waals surface area (Å²) < 4.78 is 0. The minimum absolute atomic E-state index is 0.399. The van der Waals surface area contributed by atoms with Gasteiger partial charge in [0.1, 0.15) is 0 Å². The van der Waals surface area contributed by atoms with E-state index in [9.17, 15) is 0 Å². The topological polar surface area (TPSA) is 15.3 Å². The molecule has 0 saturated carbocycles. The quantitative estimate of drug-likeness (QED) is 0.718. The molecule has 102 valence electrons. The molecule has 2 heteroatoms. The summed E-state index contributed by atoms with van der Waals surface area (Å²) in [6, 6.07) is 0. The standard InChI is InChI=1S/C15H32N2/c1-6-9-16-12-15(4,5)13-17-10-7-14(2,3)8-11-17/h16H,6-13H2,1-5H3. The third kappa shape index (κ3) is 5.87. The first-order valence-electron chi connectivity index (χ1n) is 7.28. The van der Waals surface area contributed by atoms with Crippen molar-refractivity contribution < 1.29 is 0 Å². The van der Waals surface area contributed by atoms with Crippen LogP contribution >= 0.6 is 0 Å². The average Bonchev–Trinajstić information content (AvgIpc) is 2.21. The Kier molecular flexibility index (Phi) is 5.46. The smallest absolute Gasteiger partial charge is 0.00448 e. The molecule has 1 saturated heterocycles. The zero-order valence-corrected chi connectivity index (χ0v) is 12.6. The first-order valence-corrected chi connectivity index (χ1v) is 7.28. The summed E-state index contributed by atoms with van der Waals surface area (Å²) >= 11 is 0. The van der Waals surface area contributed by atoms with Gasteiger partial charge in [0.15, 0.2) is 0 Å². The lowest BCUT2D eigenvalue weighted by Crippen LogP contribution is -2.45. The van der Waals surface area contributed by atoms with Crippen molar-refractivity contribution in [3.05, 3.63) is 0 Å². The summed E-state index contributed by atoms with van der Waals surface area (Å²) in [5.74, 6) is 0. The summed E-state index contributed by atoms with van der Waals surface area (Å²) in [4.78, 5) is 2.65. The van der Waals surface area contributed by atoms with Crippen molar-refractivity contribution in [2.75, 3.05) is 32.7 Å². The first-order chi connectivity index (χ1) is 7.85. The van der Waals surface area contributed by atoms with E-state index >= 15 is 0 Å². The van der Waals surface area contributed by atoms with Crippen molar-refractivity contribution in [1.29, 1.82) is 0 Å². The Morgan fingerprint density at radius 2 is 1.76 bits per heavy atom. The average molecular weight is 240 g/mol. The summed E-state index contributed by atoms with van der Waals surface area (Å²) in [5.41, 5.74) is 0.970.